The molecule has 0 unspecified atom stereocenters. The van der Waals surface area contributed by atoms with Crippen molar-refractivity contribution in [2.75, 3.05) is 4.90 Å². The van der Waals surface area contributed by atoms with Gasteiger partial charge in [-0.05, 0) is 76.9 Å². The first-order chi connectivity index (χ1) is 10.2. The third-order valence-corrected chi connectivity index (χ3v) is 6.47. The van der Waals surface area contributed by atoms with Crippen LogP contribution in [0.2, 0.25) is 0 Å². The van der Waals surface area contributed by atoms with E-state index in [2.05, 4.69) is 34.7 Å². The Morgan fingerprint density at radius 3 is 1.95 bits per heavy atom. The molecule has 6 atom stereocenters. The standard InChI is InChI=1S/C17H14INO2/c18-8-1-3-9(4-2-8)19-16(20)14-10-5-6-11(13-7-12(10)13)15(14)17(19)21/h1-6,10-15H,7H2/t10-,11-,12-,13+,14+,15+/m1/s1. The lowest BCUT2D eigenvalue weighted by Gasteiger charge is -2.37. The number of hydrogen-bond acceptors (Lipinski definition) is 2. The third kappa shape index (κ3) is 1.49. The Hall–Kier alpha value is -1.17. The van der Waals surface area contributed by atoms with Gasteiger partial charge in [0.05, 0.1) is 17.5 Å². The molecule has 0 spiro atoms. The maximum absolute atomic E-state index is 12.9. The van der Waals surface area contributed by atoms with Crippen molar-refractivity contribution in [3.63, 3.8) is 0 Å². The molecule has 6 rings (SSSR count). The van der Waals surface area contributed by atoms with Gasteiger partial charge in [-0.3, -0.25) is 14.5 Å². The van der Waals surface area contributed by atoms with Crippen molar-refractivity contribution in [2.24, 2.45) is 35.5 Å². The second-order valence-electron chi connectivity index (χ2n) is 6.64. The average Bonchev–Trinajstić information content (AvgIpc) is 3.26. The summed E-state index contributed by atoms with van der Waals surface area (Å²) in [5, 5.41) is 0. The summed E-state index contributed by atoms with van der Waals surface area (Å²) in [6.45, 7) is 0. The molecular weight excluding hydrogens is 377 g/mol. The van der Waals surface area contributed by atoms with Crippen LogP contribution in [-0.2, 0) is 9.59 Å². The van der Waals surface area contributed by atoms with Gasteiger partial charge in [0.2, 0.25) is 11.8 Å². The van der Waals surface area contributed by atoms with Crippen LogP contribution in [0.15, 0.2) is 36.4 Å². The summed E-state index contributed by atoms with van der Waals surface area (Å²) in [7, 11) is 0. The maximum Gasteiger partial charge on any atom is 0.238 e. The van der Waals surface area contributed by atoms with Crippen molar-refractivity contribution in [2.45, 2.75) is 6.42 Å². The summed E-state index contributed by atoms with van der Waals surface area (Å²) >= 11 is 2.23. The van der Waals surface area contributed by atoms with E-state index >= 15 is 0 Å². The van der Waals surface area contributed by atoms with Gasteiger partial charge < -0.3 is 0 Å². The molecule has 1 aliphatic heterocycles. The van der Waals surface area contributed by atoms with Gasteiger partial charge in [0.15, 0.2) is 0 Å². The van der Waals surface area contributed by atoms with Crippen LogP contribution < -0.4 is 4.90 Å². The molecule has 0 radical (unpaired) electrons. The highest BCUT2D eigenvalue weighted by atomic mass is 127. The van der Waals surface area contributed by atoms with E-state index in [1.807, 2.05) is 24.3 Å². The molecule has 4 heteroatoms. The molecule has 5 aliphatic rings. The minimum atomic E-state index is -0.101. The van der Waals surface area contributed by atoms with Gasteiger partial charge in [0, 0.05) is 3.57 Å². The van der Waals surface area contributed by atoms with Crippen LogP contribution in [0.1, 0.15) is 6.42 Å². The van der Waals surface area contributed by atoms with E-state index in [9.17, 15) is 9.59 Å². The monoisotopic (exact) mass is 391 g/mol. The molecule has 0 N–H and O–H groups in total. The molecule has 1 heterocycles. The zero-order valence-electron chi connectivity index (χ0n) is 11.3. The van der Waals surface area contributed by atoms with Gasteiger partial charge in [-0.1, -0.05) is 12.2 Å². The molecular formula is C17H14INO2. The van der Waals surface area contributed by atoms with E-state index in [1.165, 1.54) is 11.3 Å². The normalized spacial score (nSPS) is 42.2. The number of nitrogens with zero attached hydrogens (tertiary/aromatic N) is 1. The summed E-state index contributed by atoms with van der Waals surface area (Å²) < 4.78 is 1.11. The van der Waals surface area contributed by atoms with E-state index < -0.39 is 0 Å². The number of amides is 2. The van der Waals surface area contributed by atoms with Gasteiger partial charge in [-0.25, -0.2) is 0 Å². The lowest BCUT2D eigenvalue weighted by Crippen LogP contribution is -2.40. The first-order valence-electron chi connectivity index (χ1n) is 7.48. The van der Waals surface area contributed by atoms with Gasteiger partial charge in [0.1, 0.15) is 0 Å². The first kappa shape index (κ1) is 12.4. The van der Waals surface area contributed by atoms with Crippen molar-refractivity contribution in [3.8, 4) is 0 Å². The largest absolute Gasteiger partial charge is 0.274 e. The van der Waals surface area contributed by atoms with E-state index in [0.29, 0.717) is 23.7 Å². The van der Waals surface area contributed by atoms with Gasteiger partial charge in [-0.15, -0.1) is 0 Å². The Balaban J connectivity index is 1.58. The number of hydrogen-bond donors (Lipinski definition) is 0. The Morgan fingerprint density at radius 2 is 1.43 bits per heavy atom. The number of allylic oxidation sites excluding steroid dienone is 2. The van der Waals surface area contributed by atoms with Crippen LogP contribution in [0.5, 0.6) is 0 Å². The summed E-state index contributed by atoms with van der Waals surface area (Å²) in [6, 6.07) is 7.65. The molecule has 3 fully saturated rings. The Bertz CT molecular complexity index is 659. The second-order valence-corrected chi connectivity index (χ2v) is 7.89. The Morgan fingerprint density at radius 1 is 0.905 bits per heavy atom. The van der Waals surface area contributed by atoms with Crippen molar-refractivity contribution in [1.29, 1.82) is 0 Å². The predicted octanol–water partition coefficient (Wildman–Crippen LogP) is 2.85. The fourth-order valence-electron chi connectivity index (χ4n) is 4.80. The minimum Gasteiger partial charge on any atom is -0.274 e. The highest BCUT2D eigenvalue weighted by molar-refractivity contribution is 14.1. The number of halogens is 1. The zero-order chi connectivity index (χ0) is 14.3. The van der Waals surface area contributed by atoms with Gasteiger partial charge >= 0.3 is 0 Å². The number of benzene rings is 1. The molecule has 2 saturated carbocycles. The summed E-state index contributed by atoms with van der Waals surface area (Å²) in [5.41, 5.74) is 0.730. The van der Waals surface area contributed by atoms with Crippen LogP contribution in [0.4, 0.5) is 5.69 Å². The van der Waals surface area contributed by atoms with E-state index in [0.717, 1.165) is 9.26 Å². The van der Waals surface area contributed by atoms with Crippen LogP contribution in [0, 0.1) is 39.1 Å². The van der Waals surface area contributed by atoms with Gasteiger partial charge in [-0.2, -0.15) is 0 Å². The number of anilines is 1. The minimum absolute atomic E-state index is 0.0240. The molecule has 2 bridgehead atoms. The lowest BCUT2D eigenvalue weighted by molar-refractivity contribution is -0.124. The smallest absolute Gasteiger partial charge is 0.238 e. The van der Waals surface area contributed by atoms with E-state index in [4.69, 9.17) is 0 Å². The summed E-state index contributed by atoms with van der Waals surface area (Å²) in [4.78, 5) is 27.2. The highest BCUT2D eigenvalue weighted by Gasteiger charge is 2.67. The summed E-state index contributed by atoms with van der Waals surface area (Å²) in [6.07, 6.45) is 5.63. The lowest BCUT2D eigenvalue weighted by atomic mass is 9.63. The molecule has 1 aromatic rings. The average molecular weight is 391 g/mol. The highest BCUT2D eigenvalue weighted by Crippen LogP contribution is 2.65. The fourth-order valence-corrected chi connectivity index (χ4v) is 5.16. The quantitative estimate of drug-likeness (QED) is 0.420. The second kappa shape index (κ2) is 3.97. The molecule has 0 aromatic heterocycles. The SMILES string of the molecule is O=C1[C@H]2[C@@H]3C=C[C@H]([C@@H]4C[C@H]34)[C@@H]2C(=O)N1c1ccc(I)cc1. The van der Waals surface area contributed by atoms with Crippen LogP contribution in [-0.4, -0.2) is 11.8 Å². The predicted molar refractivity (Wildman–Crippen MR) is 86.3 cm³/mol. The summed E-state index contributed by atoms with van der Waals surface area (Å²) in [5.74, 6) is 1.77. The molecule has 2 amide bonds. The van der Waals surface area contributed by atoms with Crippen LogP contribution >= 0.6 is 22.6 Å². The Kier molecular flexibility index (Phi) is 2.34. The van der Waals surface area contributed by atoms with Crippen molar-refractivity contribution < 1.29 is 9.59 Å². The molecule has 106 valence electrons. The van der Waals surface area contributed by atoms with E-state index in [1.54, 1.807) is 0 Å². The number of carbonyl (C=O) groups is 2. The number of carbonyl (C=O) groups excluding carboxylic acids is 2. The first-order valence-corrected chi connectivity index (χ1v) is 8.56. The number of imide groups is 1. The molecule has 21 heavy (non-hydrogen) atoms. The van der Waals surface area contributed by atoms with Crippen LogP contribution in [0.25, 0.3) is 0 Å². The topological polar surface area (TPSA) is 37.4 Å². The van der Waals surface area contributed by atoms with Crippen LogP contribution in [0.3, 0.4) is 0 Å². The zero-order valence-corrected chi connectivity index (χ0v) is 13.4. The maximum atomic E-state index is 12.9. The van der Waals surface area contributed by atoms with Crippen molar-refractivity contribution in [3.05, 3.63) is 40.0 Å². The number of rotatable bonds is 1. The van der Waals surface area contributed by atoms with Crippen molar-refractivity contribution >= 4 is 40.1 Å². The van der Waals surface area contributed by atoms with E-state index in [-0.39, 0.29) is 23.7 Å². The molecule has 3 nitrogen and oxygen atoms in total. The fraction of sp³-hybridized carbons (Fsp3) is 0.412. The van der Waals surface area contributed by atoms with Crippen molar-refractivity contribution in [1.82, 2.24) is 0 Å². The van der Waals surface area contributed by atoms with Gasteiger partial charge in [0.25, 0.3) is 0 Å². The molecule has 4 aliphatic carbocycles. The third-order valence-electron chi connectivity index (χ3n) is 5.75. The Labute approximate surface area is 136 Å². The molecule has 1 aromatic carbocycles. The molecule has 1 saturated heterocycles.